The topological polar surface area (TPSA) is 77.2 Å². The summed E-state index contributed by atoms with van der Waals surface area (Å²) in [6.07, 6.45) is 5.57. The molecule has 0 saturated heterocycles. The minimum Gasteiger partial charge on any atom is -0.497 e. The van der Waals surface area contributed by atoms with Gasteiger partial charge in [-0.1, -0.05) is 17.3 Å². The van der Waals surface area contributed by atoms with Crippen molar-refractivity contribution >= 4 is 5.91 Å². The predicted molar refractivity (Wildman–Crippen MR) is 95.7 cm³/mol. The van der Waals surface area contributed by atoms with Crippen LogP contribution in [0.1, 0.15) is 34.9 Å². The molecular weight excluding hydrogens is 330 g/mol. The van der Waals surface area contributed by atoms with E-state index in [1.807, 2.05) is 36.4 Å². The van der Waals surface area contributed by atoms with E-state index in [-0.39, 0.29) is 17.6 Å². The number of methoxy groups -OCH3 is 1. The molecule has 2 aromatic heterocycles. The van der Waals surface area contributed by atoms with E-state index in [0.29, 0.717) is 11.7 Å². The lowest BCUT2D eigenvalue weighted by molar-refractivity contribution is 0.0922. The van der Waals surface area contributed by atoms with Crippen LogP contribution in [0.3, 0.4) is 0 Å². The van der Waals surface area contributed by atoms with Crippen molar-refractivity contribution in [3.8, 4) is 17.1 Å². The van der Waals surface area contributed by atoms with E-state index in [0.717, 1.165) is 29.7 Å². The number of aromatic nitrogens is 2. The molecule has 2 heterocycles. The SMILES string of the molecule is COc1ccc(C(NC(=O)c2cc(-c3cccnc3)on2)C2CC2)cc1. The number of hydrogen-bond acceptors (Lipinski definition) is 5. The summed E-state index contributed by atoms with van der Waals surface area (Å²) in [5.74, 6) is 1.54. The number of carbonyl (C=O) groups is 1. The van der Waals surface area contributed by atoms with E-state index in [4.69, 9.17) is 9.26 Å². The lowest BCUT2D eigenvalue weighted by Gasteiger charge is -2.18. The second-order valence-electron chi connectivity index (χ2n) is 6.38. The first-order valence-electron chi connectivity index (χ1n) is 8.56. The molecule has 1 N–H and O–H groups in total. The largest absolute Gasteiger partial charge is 0.497 e. The minimum atomic E-state index is -0.239. The van der Waals surface area contributed by atoms with Crippen LogP contribution in [0.2, 0.25) is 0 Å². The summed E-state index contributed by atoms with van der Waals surface area (Å²) in [5.41, 5.74) is 2.12. The van der Waals surface area contributed by atoms with Gasteiger partial charge in [-0.15, -0.1) is 0 Å². The van der Waals surface area contributed by atoms with Crippen LogP contribution in [-0.2, 0) is 0 Å². The van der Waals surface area contributed by atoms with Gasteiger partial charge in [-0.2, -0.15) is 0 Å². The smallest absolute Gasteiger partial charge is 0.273 e. The van der Waals surface area contributed by atoms with Gasteiger partial charge in [0, 0.05) is 24.0 Å². The van der Waals surface area contributed by atoms with Gasteiger partial charge >= 0.3 is 0 Å². The first kappa shape index (κ1) is 16.3. The fraction of sp³-hybridized carbons (Fsp3) is 0.250. The highest BCUT2D eigenvalue weighted by atomic mass is 16.5. The summed E-state index contributed by atoms with van der Waals surface area (Å²) in [7, 11) is 1.64. The van der Waals surface area contributed by atoms with Crippen molar-refractivity contribution in [2.45, 2.75) is 18.9 Å². The predicted octanol–water partition coefficient (Wildman–Crippen LogP) is 3.63. The van der Waals surface area contributed by atoms with Crippen molar-refractivity contribution in [1.82, 2.24) is 15.5 Å². The zero-order valence-electron chi connectivity index (χ0n) is 14.4. The van der Waals surface area contributed by atoms with Crippen molar-refractivity contribution in [3.63, 3.8) is 0 Å². The maximum atomic E-state index is 12.7. The van der Waals surface area contributed by atoms with Crippen molar-refractivity contribution in [2.75, 3.05) is 7.11 Å². The van der Waals surface area contributed by atoms with E-state index >= 15 is 0 Å². The maximum Gasteiger partial charge on any atom is 0.273 e. The normalized spacial score (nSPS) is 14.7. The Morgan fingerprint density at radius 3 is 2.73 bits per heavy atom. The molecule has 26 heavy (non-hydrogen) atoms. The second-order valence-corrected chi connectivity index (χ2v) is 6.38. The van der Waals surface area contributed by atoms with Gasteiger partial charge in [-0.3, -0.25) is 9.78 Å². The van der Waals surface area contributed by atoms with Gasteiger partial charge < -0.3 is 14.6 Å². The number of pyridine rings is 1. The van der Waals surface area contributed by atoms with Crippen LogP contribution in [0, 0.1) is 5.92 Å². The lowest BCUT2D eigenvalue weighted by atomic mass is 10.0. The number of amides is 1. The fourth-order valence-corrected chi connectivity index (χ4v) is 2.96. The third-order valence-electron chi connectivity index (χ3n) is 4.54. The molecule has 1 fully saturated rings. The van der Waals surface area contributed by atoms with Crippen molar-refractivity contribution < 1.29 is 14.1 Å². The standard InChI is InChI=1S/C20H19N3O3/c1-25-16-8-6-14(7-9-16)19(13-4-5-13)22-20(24)17-11-18(26-23-17)15-3-2-10-21-12-15/h2-3,6-13,19H,4-5H2,1H3,(H,22,24). The monoisotopic (exact) mass is 349 g/mol. The van der Waals surface area contributed by atoms with Gasteiger partial charge in [0.05, 0.1) is 13.2 Å². The van der Waals surface area contributed by atoms with Crippen LogP contribution < -0.4 is 10.1 Å². The molecule has 1 unspecified atom stereocenters. The van der Waals surface area contributed by atoms with Crippen LogP contribution in [0.15, 0.2) is 59.4 Å². The van der Waals surface area contributed by atoms with Crippen LogP contribution in [-0.4, -0.2) is 23.2 Å². The van der Waals surface area contributed by atoms with E-state index in [9.17, 15) is 4.79 Å². The van der Waals surface area contributed by atoms with Crippen molar-refractivity contribution in [2.24, 2.45) is 5.92 Å². The molecule has 6 heteroatoms. The highest BCUT2D eigenvalue weighted by Crippen LogP contribution is 2.41. The molecule has 1 aromatic carbocycles. The molecule has 1 saturated carbocycles. The Kier molecular flexibility index (Phi) is 4.39. The van der Waals surface area contributed by atoms with Gasteiger partial charge in [0.1, 0.15) is 5.75 Å². The molecule has 1 aliphatic rings. The quantitative estimate of drug-likeness (QED) is 0.735. The molecular formula is C20H19N3O3. The summed E-state index contributed by atoms with van der Waals surface area (Å²) in [6.45, 7) is 0. The Bertz CT molecular complexity index is 886. The molecule has 0 bridgehead atoms. The summed E-state index contributed by atoms with van der Waals surface area (Å²) in [4.78, 5) is 16.7. The molecule has 0 spiro atoms. The number of hydrogen-bond donors (Lipinski definition) is 1. The molecule has 6 nitrogen and oxygen atoms in total. The lowest BCUT2D eigenvalue weighted by Crippen LogP contribution is -2.30. The van der Waals surface area contributed by atoms with Crippen LogP contribution in [0.25, 0.3) is 11.3 Å². The van der Waals surface area contributed by atoms with E-state index < -0.39 is 0 Å². The molecule has 0 aliphatic heterocycles. The first-order valence-corrected chi connectivity index (χ1v) is 8.56. The molecule has 1 aliphatic carbocycles. The Morgan fingerprint density at radius 2 is 2.08 bits per heavy atom. The van der Waals surface area contributed by atoms with Crippen LogP contribution >= 0.6 is 0 Å². The van der Waals surface area contributed by atoms with Crippen molar-refractivity contribution in [3.05, 3.63) is 66.1 Å². The molecule has 3 aromatic rings. The van der Waals surface area contributed by atoms with E-state index in [1.54, 1.807) is 25.6 Å². The van der Waals surface area contributed by atoms with Gasteiger partial charge in [0.15, 0.2) is 11.5 Å². The summed E-state index contributed by atoms with van der Waals surface area (Å²) < 4.78 is 10.5. The fourth-order valence-electron chi connectivity index (χ4n) is 2.96. The Balaban J connectivity index is 1.51. The van der Waals surface area contributed by atoms with E-state index in [2.05, 4.69) is 15.5 Å². The maximum absolute atomic E-state index is 12.7. The van der Waals surface area contributed by atoms with Gasteiger partial charge in [-0.05, 0) is 48.6 Å². The van der Waals surface area contributed by atoms with Crippen LogP contribution in [0.4, 0.5) is 0 Å². The highest BCUT2D eigenvalue weighted by Gasteiger charge is 2.34. The third kappa shape index (κ3) is 3.44. The minimum absolute atomic E-state index is 0.0352. The Hall–Kier alpha value is -3.15. The molecule has 132 valence electrons. The zero-order valence-corrected chi connectivity index (χ0v) is 14.4. The third-order valence-corrected chi connectivity index (χ3v) is 4.54. The number of carbonyl (C=O) groups excluding carboxylic acids is 1. The molecule has 0 radical (unpaired) electrons. The number of benzene rings is 1. The Labute approximate surface area is 151 Å². The number of ether oxygens (including phenoxy) is 1. The molecule has 1 atom stereocenters. The van der Waals surface area contributed by atoms with E-state index in [1.165, 1.54) is 0 Å². The second kappa shape index (κ2) is 7.00. The average molecular weight is 349 g/mol. The number of rotatable bonds is 6. The summed E-state index contributed by atoms with van der Waals surface area (Å²) >= 11 is 0. The molecule has 4 rings (SSSR count). The summed E-state index contributed by atoms with van der Waals surface area (Å²) in [5, 5.41) is 7.01. The zero-order chi connectivity index (χ0) is 17.9. The van der Waals surface area contributed by atoms with Gasteiger partial charge in [0.25, 0.3) is 5.91 Å². The number of nitrogens with one attached hydrogen (secondary N) is 1. The Morgan fingerprint density at radius 1 is 1.27 bits per heavy atom. The molecule has 1 amide bonds. The van der Waals surface area contributed by atoms with Gasteiger partial charge in [-0.25, -0.2) is 0 Å². The summed E-state index contributed by atoms with van der Waals surface area (Å²) in [6, 6.07) is 13.1. The highest BCUT2D eigenvalue weighted by molar-refractivity contribution is 5.93. The van der Waals surface area contributed by atoms with Crippen molar-refractivity contribution in [1.29, 1.82) is 0 Å². The van der Waals surface area contributed by atoms with Gasteiger partial charge in [0.2, 0.25) is 0 Å². The average Bonchev–Trinajstić information content (AvgIpc) is 3.42. The number of nitrogens with zero attached hydrogens (tertiary/aromatic N) is 2. The van der Waals surface area contributed by atoms with Crippen LogP contribution in [0.5, 0.6) is 5.75 Å². The first-order chi connectivity index (χ1) is 12.7.